The molecule has 0 bridgehead atoms. The predicted octanol–water partition coefficient (Wildman–Crippen LogP) is 11.0. The first-order valence-electron chi connectivity index (χ1n) is 16.5. The molecule has 2 radical (unpaired) electrons. The third-order valence-electron chi connectivity index (χ3n) is 7.95. The van der Waals surface area contributed by atoms with Crippen LogP contribution in [0.3, 0.4) is 0 Å². The van der Waals surface area contributed by atoms with E-state index in [9.17, 15) is 5.11 Å². The van der Waals surface area contributed by atoms with E-state index in [2.05, 4.69) is 121 Å². The average molecular weight is 703 g/mol. The Morgan fingerprint density at radius 2 is 1.08 bits per heavy atom. The summed E-state index contributed by atoms with van der Waals surface area (Å²) >= 11 is 3.03. The fourth-order valence-corrected chi connectivity index (χ4v) is 5.53. The van der Waals surface area contributed by atoms with E-state index >= 15 is 0 Å². The molecular formula is C43H67BO3SSi. The molecule has 0 aliphatic carbocycles. The molecule has 0 aromatic heterocycles. The van der Waals surface area contributed by atoms with E-state index in [0.717, 1.165) is 32.1 Å². The minimum atomic E-state index is -1.69. The van der Waals surface area contributed by atoms with E-state index in [-0.39, 0.29) is 32.1 Å². The summed E-state index contributed by atoms with van der Waals surface area (Å²) in [6.45, 7) is 15.5. The van der Waals surface area contributed by atoms with Gasteiger partial charge in [-0.3, -0.25) is 0 Å². The molecule has 0 heterocycles. The van der Waals surface area contributed by atoms with Crippen LogP contribution in [0.5, 0.6) is 0 Å². The number of benzene rings is 3. The van der Waals surface area contributed by atoms with E-state index in [1.807, 2.05) is 67.6 Å². The van der Waals surface area contributed by atoms with Crippen molar-refractivity contribution in [3.63, 3.8) is 0 Å². The number of aliphatic hydroxyl groups excluding tert-OH is 2. The zero-order valence-corrected chi connectivity index (χ0v) is 31.7. The molecule has 0 saturated heterocycles. The first kappa shape index (κ1) is 50.6. The fourth-order valence-electron chi connectivity index (χ4n) is 4.23. The second-order valence-corrected chi connectivity index (χ2v) is 17.5. The molecule has 0 saturated carbocycles. The molecule has 0 spiro atoms. The molecule has 3 atom stereocenters. The lowest BCUT2D eigenvalue weighted by Gasteiger charge is -2.38. The molecule has 270 valence electrons. The van der Waals surface area contributed by atoms with Crippen LogP contribution in [0.1, 0.15) is 85.4 Å². The van der Waals surface area contributed by atoms with E-state index in [1.54, 1.807) is 0 Å². The van der Waals surface area contributed by atoms with Gasteiger partial charge in [-0.2, -0.15) is 0 Å². The molecule has 0 amide bonds. The van der Waals surface area contributed by atoms with Crippen LogP contribution in [-0.4, -0.2) is 44.0 Å². The maximum atomic E-state index is 9.42. The Morgan fingerprint density at radius 1 is 0.714 bits per heavy atom. The van der Waals surface area contributed by atoms with Crippen LogP contribution in [0, 0.1) is 12.3 Å². The van der Waals surface area contributed by atoms with Gasteiger partial charge < -0.3 is 14.6 Å². The van der Waals surface area contributed by atoms with Gasteiger partial charge in [-0.25, -0.2) is 12.5 Å². The van der Waals surface area contributed by atoms with Gasteiger partial charge in [-0.1, -0.05) is 157 Å². The number of allylic oxidation sites excluding steroid dienone is 2. The average Bonchev–Trinajstić information content (AvgIpc) is 3.08. The van der Waals surface area contributed by atoms with Crippen molar-refractivity contribution >= 4 is 27.9 Å². The van der Waals surface area contributed by atoms with Crippen LogP contribution < -0.4 is 0 Å². The van der Waals surface area contributed by atoms with Gasteiger partial charge in [0.15, 0.2) is 15.4 Å². The highest BCUT2D eigenvalue weighted by Crippen LogP contribution is 2.37. The lowest BCUT2D eigenvalue weighted by atomic mass is 10.1. The number of aryl methyl sites for hydroxylation is 3. The maximum Gasteiger partial charge on any atom is 0.192 e. The molecule has 6 heteroatoms. The molecule has 49 heavy (non-hydrogen) atoms. The van der Waals surface area contributed by atoms with Crippen molar-refractivity contribution in [2.24, 2.45) is 0 Å². The largest absolute Gasteiger partial charge is 0.411 e. The molecule has 3 aromatic carbocycles. The quantitative estimate of drug-likeness (QED) is 0.0719. The Balaban J connectivity index is -0.000000642. The van der Waals surface area contributed by atoms with E-state index in [4.69, 9.17) is 16.0 Å². The maximum absolute atomic E-state index is 9.42. The van der Waals surface area contributed by atoms with Crippen molar-refractivity contribution in [1.82, 2.24) is 0 Å². The van der Waals surface area contributed by atoms with Gasteiger partial charge in [0.1, 0.15) is 6.10 Å². The number of rotatable bonds is 13. The van der Waals surface area contributed by atoms with Gasteiger partial charge in [0, 0.05) is 0 Å². The summed E-state index contributed by atoms with van der Waals surface area (Å²) in [7, 11) is 2.50. The van der Waals surface area contributed by atoms with Crippen molar-refractivity contribution in [2.45, 2.75) is 124 Å². The van der Waals surface area contributed by atoms with Gasteiger partial charge in [-0.05, 0) is 87.2 Å². The van der Waals surface area contributed by atoms with Gasteiger partial charge in [0.25, 0.3) is 0 Å². The summed E-state index contributed by atoms with van der Waals surface area (Å²) < 4.78 is 6.52. The highest BCUT2D eigenvalue weighted by molar-refractivity contribution is 8.03. The van der Waals surface area contributed by atoms with Crippen molar-refractivity contribution in [3.8, 4) is 12.3 Å². The van der Waals surface area contributed by atoms with Crippen molar-refractivity contribution < 1.29 is 14.6 Å². The van der Waals surface area contributed by atoms with E-state index < -0.39 is 14.4 Å². The van der Waals surface area contributed by atoms with Crippen LogP contribution in [0.25, 0.3) is 0 Å². The summed E-state index contributed by atoms with van der Waals surface area (Å²) in [6.07, 6.45) is 17.7. The molecule has 0 fully saturated rings. The second-order valence-electron chi connectivity index (χ2n) is 12.8. The van der Waals surface area contributed by atoms with E-state index in [0.29, 0.717) is 6.42 Å². The van der Waals surface area contributed by atoms with Crippen LogP contribution >= 0.6 is 12.5 Å². The van der Waals surface area contributed by atoms with Gasteiger partial charge in [0.05, 0.1) is 12.2 Å². The van der Waals surface area contributed by atoms with Crippen LogP contribution in [0.4, 0.5) is 0 Å². The molecule has 0 aliphatic heterocycles. The fraction of sp³-hybridized carbons (Fsp3) is 0.442. The summed E-state index contributed by atoms with van der Waals surface area (Å²) in [6, 6.07) is 30.9. The number of terminal acetylenes is 1. The Labute approximate surface area is 310 Å². The minimum absolute atomic E-state index is 0. The molecule has 3 nitrogen and oxygen atoms in total. The molecular weight excluding hydrogens is 635 g/mol. The lowest BCUT2D eigenvalue weighted by Crippen LogP contribution is -2.43. The predicted molar refractivity (Wildman–Crippen MR) is 225 cm³/mol. The molecule has 0 aliphatic rings. The summed E-state index contributed by atoms with van der Waals surface area (Å²) in [5.41, 5.74) is 3.89. The minimum Gasteiger partial charge on any atom is -0.411 e. The Kier molecular flexibility index (Phi) is 31.0. The Hall–Kier alpha value is -2.79. The first-order valence-corrected chi connectivity index (χ1v) is 20.0. The molecule has 3 aromatic rings. The monoisotopic (exact) mass is 702 g/mol. The summed E-state index contributed by atoms with van der Waals surface area (Å²) in [5.74, 6) is 2.29. The number of hydrogen-bond acceptors (Lipinski definition) is 4. The third-order valence-corrected chi connectivity index (χ3v) is 12.5. The SMILES string of the molecule is C.C.C#CC(O)CCc1ccccc1.C/C=C/C(O)CCc1ccccc1.C/C=C/[C@H](CCc1ccccc1)O[Si](C)(C)C(C)(C)C.[B]S. The number of aliphatic hydroxyl groups is 2. The number of hydrogen-bond donors (Lipinski definition) is 3. The molecule has 2 N–H and O–H groups in total. The van der Waals surface area contributed by atoms with E-state index in [1.165, 1.54) is 16.7 Å². The summed E-state index contributed by atoms with van der Waals surface area (Å²) in [4.78, 5) is 0. The molecule has 2 unspecified atom stereocenters. The van der Waals surface area contributed by atoms with Crippen molar-refractivity contribution in [3.05, 3.63) is 132 Å². The smallest absolute Gasteiger partial charge is 0.192 e. The van der Waals surface area contributed by atoms with Gasteiger partial charge in [-0.15, -0.1) is 6.42 Å². The molecule has 3 rings (SSSR count). The standard InChI is InChI=1S/C18H30OSi.C12H16O.C11H12O.2CH4.BHS/c1-7-11-17(19-20(5,6)18(2,3)4)15-14-16-12-9-8-10-13-16;1-2-6-12(13)10-9-11-7-4-3-5-8-11;1-2-11(12)9-8-10-6-4-3-5-7-10;;;1-2/h7-13,17H,14-15H2,1-6H3;2-8,12-13H,9-10H2,1H3;1,3-7,11-12H,8-9H2;2*1H4;2H/b11-7+;6-2+;;;;/t17-;;;;;/m1...../s1. The number of thiol groups is 1. The normalized spacial score (nSPS) is 12.6. The lowest BCUT2D eigenvalue weighted by molar-refractivity contribution is 0.213. The second kappa shape index (κ2) is 30.1. The Morgan fingerprint density at radius 3 is 1.43 bits per heavy atom. The van der Waals surface area contributed by atoms with Crippen molar-refractivity contribution in [1.29, 1.82) is 0 Å². The van der Waals surface area contributed by atoms with Gasteiger partial charge in [0.2, 0.25) is 0 Å². The Bertz CT molecular complexity index is 1250. The highest BCUT2D eigenvalue weighted by Gasteiger charge is 2.38. The zero-order chi connectivity index (χ0) is 35.6. The topological polar surface area (TPSA) is 49.7 Å². The highest BCUT2D eigenvalue weighted by atomic mass is 32.1. The van der Waals surface area contributed by atoms with Crippen LogP contribution in [0.2, 0.25) is 18.1 Å². The van der Waals surface area contributed by atoms with Crippen molar-refractivity contribution in [2.75, 3.05) is 0 Å². The summed E-state index contributed by atoms with van der Waals surface area (Å²) in [5, 5.41) is 18.8. The van der Waals surface area contributed by atoms with Crippen LogP contribution in [0.15, 0.2) is 115 Å². The third kappa shape index (κ3) is 24.9. The van der Waals surface area contributed by atoms with Gasteiger partial charge >= 0.3 is 0 Å². The first-order chi connectivity index (χ1) is 22.4. The van der Waals surface area contributed by atoms with Crippen LogP contribution in [-0.2, 0) is 23.7 Å². The zero-order valence-electron chi connectivity index (χ0n) is 29.8.